The van der Waals surface area contributed by atoms with Crippen LogP contribution in [0.25, 0.3) is 0 Å². The number of fused-ring (bicyclic) bond motifs is 3. The van der Waals surface area contributed by atoms with Gasteiger partial charge >= 0.3 is 63.3 Å². The fraction of sp³-hybridized carbons (Fsp3) is 0.545. The molecule has 396 valence electrons. The normalized spacial score (nSPS) is 25.0. The Bertz CT molecular complexity index is 2670. The zero-order chi connectivity index (χ0) is 51.6. The van der Waals surface area contributed by atoms with Crippen molar-refractivity contribution in [2.24, 2.45) is 11.8 Å². The van der Waals surface area contributed by atoms with Crippen LogP contribution in [0.5, 0.6) is 51.7 Å². The minimum Gasteiger partial charge on any atom is -0.870 e. The van der Waals surface area contributed by atoms with Crippen LogP contribution in [0.4, 0.5) is 0 Å². The van der Waals surface area contributed by atoms with Crippen LogP contribution in [-0.4, -0.2) is 102 Å². The third kappa shape index (κ3) is 12.5. The Hall–Kier alpha value is -4.69. The number of allylic oxidation sites excluding steroid dienone is 1. The predicted octanol–water partition coefficient (Wildman–Crippen LogP) is 6.80. The topological polar surface area (TPSA) is 248 Å². The average Bonchev–Trinajstić information content (AvgIpc) is 3.46. The molecule has 0 unspecified atom stereocenters. The summed E-state index contributed by atoms with van der Waals surface area (Å²) in [5.74, 6) is 6.42. The van der Waals surface area contributed by atoms with Crippen LogP contribution in [0.15, 0.2) is 46.2 Å². The first-order valence-electron chi connectivity index (χ1n) is 25.0. The van der Waals surface area contributed by atoms with Gasteiger partial charge in [-0.2, -0.15) is 15.8 Å². The number of hydrogen-bond donors (Lipinski definition) is 1. The average molecular weight is 1090 g/mol. The fourth-order valence-electron chi connectivity index (χ4n) is 11.0. The third-order valence-corrected chi connectivity index (χ3v) is 17.9. The molecule has 4 heterocycles. The summed E-state index contributed by atoms with van der Waals surface area (Å²) < 4.78 is 57.1. The van der Waals surface area contributed by atoms with Crippen LogP contribution in [0.3, 0.4) is 0 Å². The number of carbonyl (C=O) groups excluding carboxylic acids is 1. The van der Waals surface area contributed by atoms with Gasteiger partial charge in [0.25, 0.3) is 0 Å². The van der Waals surface area contributed by atoms with Crippen LogP contribution in [0.2, 0.25) is 0 Å². The number of esters is 1. The van der Waals surface area contributed by atoms with Gasteiger partial charge in [-0.1, -0.05) is 5.57 Å². The first-order valence-corrected chi connectivity index (χ1v) is 26.9. The van der Waals surface area contributed by atoms with Crippen LogP contribution >= 0.6 is 23.5 Å². The molecule has 2 N–H and O–H groups in total. The summed E-state index contributed by atoms with van der Waals surface area (Å²) in [4.78, 5) is 22.9. The van der Waals surface area contributed by atoms with Gasteiger partial charge < -0.3 is 58.0 Å². The van der Waals surface area contributed by atoms with E-state index in [4.69, 9.17) is 52.5 Å². The van der Waals surface area contributed by atoms with Crippen molar-refractivity contribution >= 4 is 35.5 Å². The number of carbonyl (C=O) groups is 2. The summed E-state index contributed by atoms with van der Waals surface area (Å²) in [5.41, 5.74) is 2.19. The summed E-state index contributed by atoms with van der Waals surface area (Å²) in [7, 11) is 6.17. The Balaban J connectivity index is 0.000000181. The van der Waals surface area contributed by atoms with E-state index in [0.717, 1.165) is 42.4 Å². The Labute approximate surface area is 489 Å². The molecule has 3 saturated carbocycles. The summed E-state index contributed by atoms with van der Waals surface area (Å²) in [6.07, 6.45) is 9.37. The van der Waals surface area contributed by atoms with E-state index in [1.165, 1.54) is 29.3 Å². The molecule has 10 rings (SSSR count). The largest absolute Gasteiger partial charge is 1.00 e. The molecule has 0 radical (unpaired) electrons. The number of rotatable bonds is 8. The molecule has 0 bridgehead atoms. The minimum atomic E-state index is -0.784. The van der Waals surface area contributed by atoms with E-state index in [2.05, 4.69) is 18.2 Å². The summed E-state index contributed by atoms with van der Waals surface area (Å²) in [5, 5.41) is 39.0. The quantitative estimate of drug-likeness (QED) is 0.180. The van der Waals surface area contributed by atoms with E-state index in [1.807, 2.05) is 53.9 Å². The van der Waals surface area contributed by atoms with Crippen molar-refractivity contribution in [3.8, 4) is 70.0 Å². The maximum absolute atomic E-state index is 11.8. The van der Waals surface area contributed by atoms with E-state index < -0.39 is 22.2 Å². The van der Waals surface area contributed by atoms with Gasteiger partial charge in [0.15, 0.2) is 34.5 Å². The van der Waals surface area contributed by atoms with Crippen molar-refractivity contribution in [3.05, 3.63) is 62.9 Å². The number of carboxylic acids is 1. The SMILES string of the molecule is COC(=O)C1CCC(C#N)(c2ccc(OC)c3c2OCCO3)CC1.COc1ccc(C2(C#N)CCC(=C3SCCCS3)CC2)c2c1OCCO2.COc1ccc(C2(C#N)CCC(C(=O)O)CC2)c2c1OCCO2.[K+].[OH-]. The summed E-state index contributed by atoms with van der Waals surface area (Å²) in [6, 6.07) is 18.7. The van der Waals surface area contributed by atoms with Gasteiger partial charge in [-0.05, 0) is 131 Å². The Morgan fingerprint density at radius 2 is 0.880 bits per heavy atom. The van der Waals surface area contributed by atoms with Crippen LogP contribution in [-0.2, 0) is 30.6 Å². The maximum atomic E-state index is 11.8. The van der Waals surface area contributed by atoms with Gasteiger partial charge in [0.05, 0.1) is 74.7 Å². The van der Waals surface area contributed by atoms with Gasteiger partial charge in [0.1, 0.15) is 39.6 Å². The van der Waals surface area contributed by atoms with Crippen molar-refractivity contribution < 1.29 is 119 Å². The summed E-state index contributed by atoms with van der Waals surface area (Å²) in [6.45, 7) is 2.78. The van der Waals surface area contributed by atoms with Crippen molar-refractivity contribution in [3.63, 3.8) is 0 Å². The Morgan fingerprint density at radius 3 is 1.20 bits per heavy atom. The number of aliphatic carboxylic acids is 1. The monoisotopic (exact) mass is 1090 g/mol. The number of benzene rings is 3. The molecule has 0 spiro atoms. The zero-order valence-electron chi connectivity index (χ0n) is 43.4. The van der Waals surface area contributed by atoms with Gasteiger partial charge in [-0.25, -0.2) is 0 Å². The number of thioether (sulfide) groups is 2. The second kappa shape index (κ2) is 27.1. The first-order chi connectivity index (χ1) is 35.5. The molecule has 0 amide bonds. The van der Waals surface area contributed by atoms with E-state index in [0.29, 0.717) is 143 Å². The number of nitrogens with zero attached hydrogens (tertiary/aromatic N) is 3. The predicted molar refractivity (Wildman–Crippen MR) is 274 cm³/mol. The van der Waals surface area contributed by atoms with Crippen LogP contribution in [0.1, 0.15) is 100 Å². The molecule has 3 aliphatic carbocycles. The van der Waals surface area contributed by atoms with E-state index >= 15 is 0 Å². The standard InChI is InChI=1S/C20H23NO3S2.C18H21NO5.C17H19NO5.K.H2O/c1-22-16-4-3-15(17-18(16)24-10-9-23-17)20(13-21)7-5-14(6-8-20)19-25-11-2-12-26-19;1-21-14-4-3-13(15-16(14)24-10-9-23-15)18(11-19)7-5-12(6-8-18)17(20)22-2;1-21-13-3-2-12(14-15(13)23-9-8-22-14)17(10-18)6-4-11(5-7-17)16(19)20;;/h3-4H,2,5-12H2,1H3;3-4,12H,5-10H2,1-2H3;2-3,11H,4-9H2,1H3,(H,19,20);;1H2/q;;;+1;/p-1. The Morgan fingerprint density at radius 1 is 0.547 bits per heavy atom. The van der Waals surface area contributed by atoms with Crippen LogP contribution in [0, 0.1) is 45.8 Å². The van der Waals surface area contributed by atoms with E-state index in [1.54, 1.807) is 33.0 Å². The van der Waals surface area contributed by atoms with Gasteiger partial charge in [-0.3, -0.25) is 9.59 Å². The molecule has 17 nitrogen and oxygen atoms in total. The van der Waals surface area contributed by atoms with Crippen molar-refractivity contribution in [2.45, 2.75) is 99.7 Å². The molecule has 20 heteroatoms. The van der Waals surface area contributed by atoms with Gasteiger partial charge in [-0.15, -0.1) is 23.5 Å². The molecule has 7 aliphatic rings. The van der Waals surface area contributed by atoms with Crippen LogP contribution < -0.4 is 94.0 Å². The number of nitriles is 3. The molecule has 75 heavy (non-hydrogen) atoms. The molecule has 4 fully saturated rings. The van der Waals surface area contributed by atoms with Crippen molar-refractivity contribution in [1.29, 1.82) is 15.8 Å². The van der Waals surface area contributed by atoms with Gasteiger partial charge in [0, 0.05) is 20.9 Å². The zero-order valence-corrected chi connectivity index (χ0v) is 48.2. The van der Waals surface area contributed by atoms with Crippen molar-refractivity contribution in [2.75, 3.05) is 79.6 Å². The number of carboxylic acid groups (broad SMARTS) is 1. The molecular formula is C55H64KN3O14S2. The molecular weight excluding hydrogens is 1030 g/mol. The number of methoxy groups -OCH3 is 4. The van der Waals surface area contributed by atoms with E-state index in [9.17, 15) is 25.4 Å². The second-order valence-corrected chi connectivity index (χ2v) is 21.4. The molecule has 1 saturated heterocycles. The third-order valence-electron chi connectivity index (χ3n) is 15.1. The Kier molecular flexibility index (Phi) is 21.5. The van der Waals surface area contributed by atoms with Gasteiger partial charge in [0.2, 0.25) is 17.2 Å². The summed E-state index contributed by atoms with van der Waals surface area (Å²) >= 11 is 4.00. The molecule has 4 aliphatic heterocycles. The maximum Gasteiger partial charge on any atom is 1.00 e. The minimum absolute atomic E-state index is 0. The molecule has 0 aromatic heterocycles. The molecule has 3 aromatic rings. The molecule has 3 aromatic carbocycles. The number of ether oxygens (including phenoxy) is 10. The smallest absolute Gasteiger partial charge is 0.870 e. The first kappa shape index (κ1) is 59.5. The fourth-order valence-corrected chi connectivity index (χ4v) is 13.7. The number of hydrogen-bond acceptors (Lipinski definition) is 18. The van der Waals surface area contributed by atoms with E-state index in [-0.39, 0.29) is 74.7 Å². The van der Waals surface area contributed by atoms with Crippen molar-refractivity contribution in [1.82, 2.24) is 0 Å². The molecule has 0 atom stereocenters. The second-order valence-electron chi connectivity index (χ2n) is 18.9.